The molecule has 1 heterocycles. The topological polar surface area (TPSA) is 18.5 Å². The zero-order valence-electron chi connectivity index (χ0n) is 14.8. The number of likely N-dealkylation sites (tertiary alicyclic amines) is 1. The molecule has 0 spiro atoms. The molecule has 1 saturated carbocycles. The summed E-state index contributed by atoms with van der Waals surface area (Å²) >= 11 is 0. The van der Waals surface area contributed by atoms with E-state index in [4.69, 9.17) is 0 Å². The Morgan fingerprint density at radius 2 is 1.90 bits per heavy atom. The van der Waals surface area contributed by atoms with Gasteiger partial charge in [0.2, 0.25) is 0 Å². The zero-order valence-corrected chi connectivity index (χ0v) is 14.8. The van der Waals surface area contributed by atoms with Crippen LogP contribution in [0.5, 0.6) is 0 Å². The molecule has 1 N–H and O–H groups in total. The van der Waals surface area contributed by atoms with Gasteiger partial charge in [-0.15, -0.1) is 0 Å². The van der Waals surface area contributed by atoms with Crippen molar-refractivity contribution in [1.82, 2.24) is 15.1 Å². The summed E-state index contributed by atoms with van der Waals surface area (Å²) in [5.41, 5.74) is 0. The van der Waals surface area contributed by atoms with Crippen molar-refractivity contribution in [2.75, 3.05) is 33.7 Å². The number of nitrogens with one attached hydrogen (secondary N) is 1. The van der Waals surface area contributed by atoms with Crippen LogP contribution in [0.2, 0.25) is 0 Å². The van der Waals surface area contributed by atoms with Gasteiger partial charge in [0.15, 0.2) is 0 Å². The van der Waals surface area contributed by atoms with Gasteiger partial charge in [0.1, 0.15) is 0 Å². The standard InChI is InChI=1S/C18H37N3/c1-5-7-15-8-9-17(19-11-6-2)18(13-15)21-12-10-16(14-21)20(3)4/h15-19H,5-14H2,1-4H3. The normalized spacial score (nSPS) is 34.7. The summed E-state index contributed by atoms with van der Waals surface area (Å²) in [6.45, 7) is 8.39. The van der Waals surface area contributed by atoms with E-state index >= 15 is 0 Å². The summed E-state index contributed by atoms with van der Waals surface area (Å²) in [5.74, 6) is 0.970. The van der Waals surface area contributed by atoms with Crippen LogP contribution in [0.1, 0.15) is 58.8 Å². The molecule has 1 aliphatic heterocycles. The first-order chi connectivity index (χ1) is 10.2. The van der Waals surface area contributed by atoms with Crippen molar-refractivity contribution in [2.45, 2.75) is 76.9 Å². The molecule has 2 aliphatic rings. The third-order valence-electron chi connectivity index (χ3n) is 5.67. The second-order valence-corrected chi connectivity index (χ2v) is 7.50. The first-order valence-corrected chi connectivity index (χ1v) is 9.29. The Morgan fingerprint density at radius 3 is 2.52 bits per heavy atom. The second kappa shape index (κ2) is 8.50. The molecule has 1 saturated heterocycles. The van der Waals surface area contributed by atoms with Gasteiger partial charge in [-0.25, -0.2) is 0 Å². The maximum atomic E-state index is 3.85. The largest absolute Gasteiger partial charge is 0.312 e. The van der Waals surface area contributed by atoms with Gasteiger partial charge in [-0.3, -0.25) is 4.90 Å². The van der Waals surface area contributed by atoms with Gasteiger partial charge in [-0.05, 0) is 58.7 Å². The molecule has 21 heavy (non-hydrogen) atoms. The highest BCUT2D eigenvalue weighted by Crippen LogP contribution is 2.33. The smallest absolute Gasteiger partial charge is 0.0252 e. The van der Waals surface area contributed by atoms with E-state index in [1.54, 1.807) is 0 Å². The summed E-state index contributed by atoms with van der Waals surface area (Å²) in [6.07, 6.45) is 9.64. The molecule has 0 aromatic rings. The van der Waals surface area contributed by atoms with Crippen molar-refractivity contribution >= 4 is 0 Å². The minimum absolute atomic E-state index is 0.735. The summed E-state index contributed by atoms with van der Waals surface area (Å²) in [7, 11) is 4.48. The van der Waals surface area contributed by atoms with E-state index in [2.05, 4.69) is 43.1 Å². The monoisotopic (exact) mass is 295 g/mol. The molecule has 1 aliphatic carbocycles. The van der Waals surface area contributed by atoms with E-state index in [0.717, 1.165) is 24.0 Å². The van der Waals surface area contributed by atoms with Gasteiger partial charge in [0.25, 0.3) is 0 Å². The van der Waals surface area contributed by atoms with E-state index in [-0.39, 0.29) is 0 Å². The van der Waals surface area contributed by atoms with E-state index in [1.807, 2.05) is 0 Å². The quantitative estimate of drug-likeness (QED) is 0.779. The Bertz CT molecular complexity index is 292. The number of rotatable bonds is 7. The van der Waals surface area contributed by atoms with Crippen molar-refractivity contribution < 1.29 is 0 Å². The van der Waals surface area contributed by atoms with Crippen LogP contribution in [0, 0.1) is 5.92 Å². The molecule has 3 nitrogen and oxygen atoms in total. The molecule has 0 bridgehead atoms. The molecule has 0 aromatic heterocycles. The fourth-order valence-corrected chi connectivity index (χ4v) is 4.36. The molecule has 2 fully saturated rings. The molecule has 4 unspecified atom stereocenters. The van der Waals surface area contributed by atoms with Crippen LogP contribution >= 0.6 is 0 Å². The van der Waals surface area contributed by atoms with Crippen LogP contribution in [0.3, 0.4) is 0 Å². The van der Waals surface area contributed by atoms with Gasteiger partial charge in [0.05, 0.1) is 0 Å². The summed E-state index contributed by atoms with van der Waals surface area (Å²) in [4.78, 5) is 5.22. The van der Waals surface area contributed by atoms with Gasteiger partial charge in [-0.1, -0.05) is 26.7 Å². The van der Waals surface area contributed by atoms with Crippen molar-refractivity contribution in [3.05, 3.63) is 0 Å². The molecular formula is C18H37N3. The maximum absolute atomic E-state index is 3.85. The van der Waals surface area contributed by atoms with Crippen LogP contribution in [-0.2, 0) is 0 Å². The van der Waals surface area contributed by atoms with E-state index in [1.165, 1.54) is 64.6 Å². The third kappa shape index (κ3) is 4.67. The van der Waals surface area contributed by atoms with Crippen molar-refractivity contribution in [1.29, 1.82) is 0 Å². The Morgan fingerprint density at radius 1 is 1.10 bits per heavy atom. The lowest BCUT2D eigenvalue weighted by Crippen LogP contribution is -2.53. The fraction of sp³-hybridized carbons (Fsp3) is 1.00. The highest BCUT2D eigenvalue weighted by molar-refractivity contribution is 4.95. The van der Waals surface area contributed by atoms with E-state index in [9.17, 15) is 0 Å². The van der Waals surface area contributed by atoms with Crippen LogP contribution in [0.15, 0.2) is 0 Å². The summed E-state index contributed by atoms with van der Waals surface area (Å²) < 4.78 is 0. The molecule has 3 heteroatoms. The van der Waals surface area contributed by atoms with Crippen LogP contribution in [-0.4, -0.2) is 61.7 Å². The van der Waals surface area contributed by atoms with Crippen molar-refractivity contribution in [3.63, 3.8) is 0 Å². The Balaban J connectivity index is 1.95. The number of likely N-dealkylation sites (N-methyl/N-ethyl adjacent to an activating group) is 1. The van der Waals surface area contributed by atoms with Crippen LogP contribution in [0.25, 0.3) is 0 Å². The van der Waals surface area contributed by atoms with Gasteiger partial charge in [-0.2, -0.15) is 0 Å². The lowest BCUT2D eigenvalue weighted by atomic mass is 9.79. The Labute approximate surface area is 132 Å². The van der Waals surface area contributed by atoms with Crippen molar-refractivity contribution in [2.24, 2.45) is 5.92 Å². The molecule has 4 atom stereocenters. The van der Waals surface area contributed by atoms with Crippen molar-refractivity contribution in [3.8, 4) is 0 Å². The SMILES string of the molecule is CCCNC1CCC(CCC)CC1N1CCC(N(C)C)C1. The number of hydrogen-bond donors (Lipinski definition) is 1. The fourth-order valence-electron chi connectivity index (χ4n) is 4.36. The van der Waals surface area contributed by atoms with Gasteiger partial charge >= 0.3 is 0 Å². The van der Waals surface area contributed by atoms with E-state index < -0.39 is 0 Å². The summed E-state index contributed by atoms with van der Waals surface area (Å²) in [6, 6.07) is 2.29. The van der Waals surface area contributed by atoms with Crippen LogP contribution < -0.4 is 5.32 Å². The molecule has 0 radical (unpaired) electrons. The first-order valence-electron chi connectivity index (χ1n) is 9.29. The predicted molar refractivity (Wildman–Crippen MR) is 91.8 cm³/mol. The number of hydrogen-bond acceptors (Lipinski definition) is 3. The highest BCUT2D eigenvalue weighted by atomic mass is 15.3. The molecule has 0 amide bonds. The lowest BCUT2D eigenvalue weighted by Gasteiger charge is -2.42. The van der Waals surface area contributed by atoms with Crippen LogP contribution in [0.4, 0.5) is 0 Å². The Kier molecular flexibility index (Phi) is 6.97. The molecule has 124 valence electrons. The highest BCUT2D eigenvalue weighted by Gasteiger charge is 2.37. The van der Waals surface area contributed by atoms with Gasteiger partial charge < -0.3 is 10.2 Å². The average molecular weight is 296 g/mol. The number of nitrogens with zero attached hydrogens (tertiary/aromatic N) is 2. The minimum Gasteiger partial charge on any atom is -0.312 e. The molecule has 2 rings (SSSR count). The minimum atomic E-state index is 0.735. The average Bonchev–Trinajstić information content (AvgIpc) is 2.96. The first kappa shape index (κ1) is 17.2. The lowest BCUT2D eigenvalue weighted by molar-refractivity contribution is 0.108. The third-order valence-corrected chi connectivity index (χ3v) is 5.67. The van der Waals surface area contributed by atoms with E-state index in [0.29, 0.717) is 0 Å². The molecule has 0 aromatic carbocycles. The summed E-state index contributed by atoms with van der Waals surface area (Å²) in [5, 5.41) is 3.85. The molecular weight excluding hydrogens is 258 g/mol. The second-order valence-electron chi connectivity index (χ2n) is 7.50. The zero-order chi connectivity index (χ0) is 15.2. The predicted octanol–water partition coefficient (Wildman–Crippen LogP) is 2.96. The maximum Gasteiger partial charge on any atom is 0.0252 e. The van der Waals surface area contributed by atoms with Gasteiger partial charge in [0, 0.05) is 31.2 Å². The Hall–Kier alpha value is -0.120.